The van der Waals surface area contributed by atoms with E-state index < -0.39 is 0 Å². The number of hydrogen-bond acceptors (Lipinski definition) is 3. The van der Waals surface area contributed by atoms with Crippen LogP contribution in [0.1, 0.15) is 63.1 Å². The van der Waals surface area contributed by atoms with Crippen LogP contribution in [-0.2, 0) is 5.41 Å². The minimum Gasteiger partial charge on any atom is -0.423 e. The second-order valence-corrected chi connectivity index (χ2v) is 5.34. The highest BCUT2D eigenvalue weighted by atomic mass is 35.5. The minimum atomic E-state index is -0.196. The predicted octanol–water partition coefficient (Wildman–Crippen LogP) is 3.59. The van der Waals surface area contributed by atoms with E-state index in [-0.39, 0.29) is 10.8 Å². The normalized spacial score (nSPS) is 22.6. The molecule has 0 amide bonds. The zero-order valence-electron chi connectivity index (χ0n) is 9.29. The summed E-state index contributed by atoms with van der Waals surface area (Å²) in [4.78, 5) is 0. The Morgan fingerprint density at radius 3 is 2.47 bits per heavy atom. The Morgan fingerprint density at radius 1 is 1.27 bits per heavy atom. The fourth-order valence-corrected chi connectivity index (χ4v) is 2.27. The number of aromatic nitrogens is 2. The molecule has 1 saturated carbocycles. The molecule has 1 unspecified atom stereocenters. The maximum Gasteiger partial charge on any atom is 0.234 e. The Hall–Kier alpha value is -0.570. The van der Waals surface area contributed by atoms with E-state index in [1.807, 2.05) is 6.92 Å². The molecule has 0 spiro atoms. The summed E-state index contributed by atoms with van der Waals surface area (Å²) in [6.45, 7) is 4.06. The van der Waals surface area contributed by atoms with Gasteiger partial charge in [-0.3, -0.25) is 0 Å². The monoisotopic (exact) mass is 228 g/mol. The molecule has 0 bridgehead atoms. The van der Waals surface area contributed by atoms with Gasteiger partial charge in [0.25, 0.3) is 0 Å². The van der Waals surface area contributed by atoms with Crippen molar-refractivity contribution in [3.05, 3.63) is 11.8 Å². The molecule has 3 nitrogen and oxygen atoms in total. The number of nitrogens with zero attached hydrogens (tertiary/aromatic N) is 2. The second-order valence-electron chi connectivity index (χ2n) is 4.68. The van der Waals surface area contributed by atoms with Gasteiger partial charge in [0, 0.05) is 5.41 Å². The van der Waals surface area contributed by atoms with Crippen molar-refractivity contribution in [3.63, 3.8) is 0 Å². The summed E-state index contributed by atoms with van der Waals surface area (Å²) in [5, 5.41) is 7.92. The zero-order chi connectivity index (χ0) is 10.9. The van der Waals surface area contributed by atoms with E-state index in [1.54, 1.807) is 0 Å². The summed E-state index contributed by atoms with van der Waals surface area (Å²) >= 11 is 5.90. The van der Waals surface area contributed by atoms with E-state index in [0.717, 1.165) is 18.7 Å². The maximum absolute atomic E-state index is 5.90. The minimum absolute atomic E-state index is 0.0786. The van der Waals surface area contributed by atoms with Gasteiger partial charge in [0.05, 0.1) is 0 Å². The average Bonchev–Trinajstić information content (AvgIpc) is 2.68. The van der Waals surface area contributed by atoms with Crippen LogP contribution in [0.2, 0.25) is 0 Å². The first kappa shape index (κ1) is 10.9. The van der Waals surface area contributed by atoms with Gasteiger partial charge in [-0.05, 0) is 19.8 Å². The molecule has 0 aromatic carbocycles. The summed E-state index contributed by atoms with van der Waals surface area (Å²) in [6, 6.07) is 0. The average molecular weight is 229 g/mol. The van der Waals surface area contributed by atoms with Crippen LogP contribution in [0, 0.1) is 0 Å². The Labute approximate surface area is 95.2 Å². The van der Waals surface area contributed by atoms with Gasteiger partial charge in [-0.25, -0.2) is 0 Å². The third-order valence-corrected chi connectivity index (χ3v) is 3.44. The maximum atomic E-state index is 5.90. The molecule has 1 aliphatic rings. The van der Waals surface area contributed by atoms with Crippen molar-refractivity contribution in [2.75, 3.05) is 0 Å². The molecule has 0 radical (unpaired) electrons. The highest BCUT2D eigenvalue weighted by Gasteiger charge is 2.34. The van der Waals surface area contributed by atoms with Crippen molar-refractivity contribution in [1.82, 2.24) is 10.2 Å². The van der Waals surface area contributed by atoms with Gasteiger partial charge >= 0.3 is 0 Å². The molecular formula is C11H17ClN2O. The summed E-state index contributed by atoms with van der Waals surface area (Å²) in [5.41, 5.74) is 0.0786. The summed E-state index contributed by atoms with van der Waals surface area (Å²) in [6.07, 6.45) is 6.12. The molecule has 84 valence electrons. The molecular weight excluding hydrogens is 212 g/mol. The molecule has 0 N–H and O–H groups in total. The van der Waals surface area contributed by atoms with Gasteiger partial charge < -0.3 is 4.42 Å². The molecule has 0 saturated heterocycles. The molecule has 15 heavy (non-hydrogen) atoms. The van der Waals surface area contributed by atoms with Crippen LogP contribution < -0.4 is 0 Å². The van der Waals surface area contributed by atoms with Crippen LogP contribution in [0.4, 0.5) is 0 Å². The molecule has 1 heterocycles. The standard InChI is InChI=1S/C11H17ClN2O/c1-8(12)9-13-14-10(15-9)11(2)6-4-3-5-7-11/h8H,3-7H2,1-2H3. The van der Waals surface area contributed by atoms with E-state index in [9.17, 15) is 0 Å². The highest BCUT2D eigenvalue weighted by molar-refractivity contribution is 6.20. The van der Waals surface area contributed by atoms with Gasteiger partial charge in [0.2, 0.25) is 11.8 Å². The summed E-state index contributed by atoms with van der Waals surface area (Å²) in [5.74, 6) is 1.31. The van der Waals surface area contributed by atoms with Crippen LogP contribution in [0.25, 0.3) is 0 Å². The Morgan fingerprint density at radius 2 is 1.93 bits per heavy atom. The van der Waals surface area contributed by atoms with Gasteiger partial charge in [0.15, 0.2) is 0 Å². The molecule has 4 heteroatoms. The Bertz CT molecular complexity index is 329. The number of rotatable bonds is 2. The van der Waals surface area contributed by atoms with E-state index in [2.05, 4.69) is 17.1 Å². The molecule has 1 aromatic rings. The molecule has 1 fully saturated rings. The first-order chi connectivity index (χ1) is 7.12. The lowest BCUT2D eigenvalue weighted by atomic mass is 9.76. The lowest BCUT2D eigenvalue weighted by Gasteiger charge is -2.29. The van der Waals surface area contributed by atoms with E-state index in [1.165, 1.54) is 19.3 Å². The fraction of sp³-hybridized carbons (Fsp3) is 0.818. The first-order valence-corrected chi connectivity index (χ1v) is 6.03. The van der Waals surface area contributed by atoms with Crippen molar-refractivity contribution >= 4 is 11.6 Å². The van der Waals surface area contributed by atoms with Crippen LogP contribution in [0.15, 0.2) is 4.42 Å². The molecule has 1 atom stereocenters. The third-order valence-electron chi connectivity index (χ3n) is 3.25. The van der Waals surface area contributed by atoms with Crippen molar-refractivity contribution in [2.24, 2.45) is 0 Å². The highest BCUT2D eigenvalue weighted by Crippen LogP contribution is 2.38. The van der Waals surface area contributed by atoms with Crippen LogP contribution in [0.5, 0.6) is 0 Å². The quantitative estimate of drug-likeness (QED) is 0.727. The fourth-order valence-electron chi connectivity index (χ4n) is 2.19. The smallest absolute Gasteiger partial charge is 0.234 e. The van der Waals surface area contributed by atoms with Crippen LogP contribution in [0.3, 0.4) is 0 Å². The largest absolute Gasteiger partial charge is 0.423 e. The van der Waals surface area contributed by atoms with Crippen molar-refractivity contribution in [3.8, 4) is 0 Å². The SMILES string of the molecule is CC(Cl)c1nnc(C2(C)CCCCC2)o1. The van der Waals surface area contributed by atoms with E-state index >= 15 is 0 Å². The Kier molecular flexibility index (Phi) is 3.01. The van der Waals surface area contributed by atoms with Gasteiger partial charge in [-0.1, -0.05) is 26.2 Å². The molecule has 1 aromatic heterocycles. The topological polar surface area (TPSA) is 38.9 Å². The zero-order valence-corrected chi connectivity index (χ0v) is 10.0. The van der Waals surface area contributed by atoms with Crippen molar-refractivity contribution in [1.29, 1.82) is 0 Å². The number of halogens is 1. The number of hydrogen-bond donors (Lipinski definition) is 0. The summed E-state index contributed by atoms with van der Waals surface area (Å²) < 4.78 is 5.63. The molecule has 0 aliphatic heterocycles. The third kappa shape index (κ3) is 2.17. The van der Waals surface area contributed by atoms with Crippen molar-refractivity contribution < 1.29 is 4.42 Å². The molecule has 2 rings (SSSR count). The predicted molar refractivity (Wildman–Crippen MR) is 59.0 cm³/mol. The summed E-state index contributed by atoms with van der Waals surface area (Å²) in [7, 11) is 0. The van der Waals surface area contributed by atoms with Crippen molar-refractivity contribution in [2.45, 2.75) is 56.7 Å². The van der Waals surface area contributed by atoms with Gasteiger partial charge in [0.1, 0.15) is 5.38 Å². The number of alkyl halides is 1. The lowest BCUT2D eigenvalue weighted by Crippen LogP contribution is -2.25. The van der Waals surface area contributed by atoms with E-state index in [0.29, 0.717) is 5.89 Å². The molecule has 1 aliphatic carbocycles. The Balaban J connectivity index is 2.20. The lowest BCUT2D eigenvalue weighted by molar-refractivity contribution is 0.252. The van der Waals surface area contributed by atoms with Crippen LogP contribution in [-0.4, -0.2) is 10.2 Å². The van der Waals surface area contributed by atoms with Gasteiger partial charge in [-0.2, -0.15) is 0 Å². The first-order valence-electron chi connectivity index (χ1n) is 5.60. The van der Waals surface area contributed by atoms with Gasteiger partial charge in [-0.15, -0.1) is 21.8 Å². The second kappa shape index (κ2) is 4.12. The van der Waals surface area contributed by atoms with E-state index in [4.69, 9.17) is 16.0 Å². The van der Waals surface area contributed by atoms with Crippen LogP contribution >= 0.6 is 11.6 Å².